The van der Waals surface area contributed by atoms with E-state index in [1.807, 2.05) is 0 Å². The quantitative estimate of drug-likeness (QED) is 0.887. The van der Waals surface area contributed by atoms with Gasteiger partial charge in [-0.15, -0.1) is 0 Å². The van der Waals surface area contributed by atoms with E-state index < -0.39 is 5.92 Å². The number of benzene rings is 2. The molecule has 3 rings (SSSR count). The molecule has 0 saturated carbocycles. The van der Waals surface area contributed by atoms with Crippen molar-refractivity contribution in [1.29, 1.82) is 0 Å². The zero-order valence-electron chi connectivity index (χ0n) is 13.5. The van der Waals surface area contributed by atoms with Crippen LogP contribution in [0.3, 0.4) is 0 Å². The molecule has 1 N–H and O–H groups in total. The van der Waals surface area contributed by atoms with Crippen LogP contribution in [-0.4, -0.2) is 29.8 Å². The van der Waals surface area contributed by atoms with Crippen molar-refractivity contribution in [3.8, 4) is 0 Å². The molecule has 1 aliphatic rings. The van der Waals surface area contributed by atoms with Crippen molar-refractivity contribution in [3.05, 3.63) is 64.9 Å². The molecular weight excluding hydrogens is 343 g/mol. The maximum absolute atomic E-state index is 12.9. The summed E-state index contributed by atoms with van der Waals surface area (Å²) in [7, 11) is 0. The van der Waals surface area contributed by atoms with Crippen LogP contribution in [0.15, 0.2) is 48.5 Å². The average molecular weight is 361 g/mol. The summed E-state index contributed by atoms with van der Waals surface area (Å²) in [5.74, 6) is -0.915. The molecule has 1 atom stereocenters. The molecule has 0 aliphatic carbocycles. The Kier molecular flexibility index (Phi) is 5.34. The minimum atomic E-state index is -0.392. The molecule has 6 heteroatoms. The number of carbonyl (C=O) groups is 2. The first kappa shape index (κ1) is 17.4. The van der Waals surface area contributed by atoms with E-state index in [-0.39, 0.29) is 24.1 Å². The third-order valence-corrected chi connectivity index (χ3v) is 4.63. The monoisotopic (exact) mass is 360 g/mol. The van der Waals surface area contributed by atoms with Gasteiger partial charge in [0.2, 0.25) is 11.8 Å². The number of nitrogens with zero attached hydrogens (tertiary/aromatic N) is 1. The molecule has 0 bridgehead atoms. The number of hydrogen-bond acceptors (Lipinski definition) is 2. The number of nitrogens with one attached hydrogen (secondary N) is 1. The van der Waals surface area contributed by atoms with Gasteiger partial charge in [-0.1, -0.05) is 35.9 Å². The molecule has 4 nitrogen and oxygen atoms in total. The molecular formula is C19H18ClFN2O2. The van der Waals surface area contributed by atoms with Crippen LogP contribution in [0.25, 0.3) is 0 Å². The van der Waals surface area contributed by atoms with E-state index in [9.17, 15) is 14.0 Å². The van der Waals surface area contributed by atoms with Gasteiger partial charge in [-0.05, 0) is 36.2 Å². The van der Waals surface area contributed by atoms with Crippen LogP contribution < -0.4 is 5.32 Å². The van der Waals surface area contributed by atoms with Gasteiger partial charge in [0.25, 0.3) is 0 Å². The first-order chi connectivity index (χ1) is 12.0. The van der Waals surface area contributed by atoms with Gasteiger partial charge >= 0.3 is 0 Å². The Balaban J connectivity index is 1.55. The smallest absolute Gasteiger partial charge is 0.229 e. The predicted molar refractivity (Wildman–Crippen MR) is 94.9 cm³/mol. The summed E-state index contributed by atoms with van der Waals surface area (Å²) in [6, 6.07) is 13.2. The van der Waals surface area contributed by atoms with Crippen molar-refractivity contribution in [1.82, 2.24) is 4.90 Å². The summed E-state index contributed by atoms with van der Waals surface area (Å²) < 4.78 is 12.9. The highest BCUT2D eigenvalue weighted by Crippen LogP contribution is 2.24. The minimum Gasteiger partial charge on any atom is -0.342 e. The Morgan fingerprint density at radius 3 is 2.64 bits per heavy atom. The number of likely N-dealkylation sites (tertiary alicyclic amines) is 1. The first-order valence-corrected chi connectivity index (χ1v) is 8.48. The van der Waals surface area contributed by atoms with E-state index in [0.717, 1.165) is 5.56 Å². The van der Waals surface area contributed by atoms with Crippen LogP contribution in [0.2, 0.25) is 5.02 Å². The van der Waals surface area contributed by atoms with Gasteiger partial charge in [-0.25, -0.2) is 4.39 Å². The molecule has 2 amide bonds. The molecule has 1 saturated heterocycles. The number of rotatable bonds is 5. The predicted octanol–water partition coefficient (Wildman–Crippen LogP) is 3.51. The highest BCUT2D eigenvalue weighted by molar-refractivity contribution is 6.33. The third kappa shape index (κ3) is 4.37. The lowest BCUT2D eigenvalue weighted by atomic mass is 10.1. The largest absolute Gasteiger partial charge is 0.342 e. The van der Waals surface area contributed by atoms with E-state index in [4.69, 9.17) is 11.6 Å². The normalized spacial score (nSPS) is 17.0. The molecule has 1 heterocycles. The lowest BCUT2D eigenvalue weighted by Gasteiger charge is -2.16. The molecule has 0 aromatic heterocycles. The van der Waals surface area contributed by atoms with E-state index in [0.29, 0.717) is 30.2 Å². The summed E-state index contributed by atoms with van der Waals surface area (Å²) in [4.78, 5) is 26.2. The third-order valence-electron chi connectivity index (χ3n) is 4.30. The van der Waals surface area contributed by atoms with Crippen LogP contribution in [0.1, 0.15) is 12.0 Å². The zero-order valence-corrected chi connectivity index (χ0v) is 14.3. The Hall–Kier alpha value is -2.40. The number of anilines is 1. The Labute approximate surface area is 150 Å². The van der Waals surface area contributed by atoms with Gasteiger partial charge in [0, 0.05) is 19.5 Å². The molecule has 1 aliphatic heterocycles. The van der Waals surface area contributed by atoms with Crippen molar-refractivity contribution >= 4 is 29.1 Å². The highest BCUT2D eigenvalue weighted by atomic mass is 35.5. The molecule has 1 unspecified atom stereocenters. The van der Waals surface area contributed by atoms with Gasteiger partial charge in [-0.3, -0.25) is 9.59 Å². The van der Waals surface area contributed by atoms with Crippen molar-refractivity contribution in [2.75, 3.05) is 18.4 Å². The number of carbonyl (C=O) groups excluding carboxylic acids is 2. The van der Waals surface area contributed by atoms with Crippen molar-refractivity contribution in [2.24, 2.45) is 5.92 Å². The Morgan fingerprint density at radius 1 is 1.20 bits per heavy atom. The number of hydrogen-bond donors (Lipinski definition) is 1. The fraction of sp³-hybridized carbons (Fsp3) is 0.263. The molecule has 0 radical (unpaired) electrons. The van der Waals surface area contributed by atoms with E-state index in [2.05, 4.69) is 5.32 Å². The van der Waals surface area contributed by atoms with Gasteiger partial charge in [0.05, 0.1) is 16.6 Å². The Morgan fingerprint density at radius 2 is 1.92 bits per heavy atom. The van der Waals surface area contributed by atoms with Gasteiger partial charge < -0.3 is 10.2 Å². The highest BCUT2D eigenvalue weighted by Gasteiger charge is 2.34. The van der Waals surface area contributed by atoms with E-state index in [1.54, 1.807) is 41.3 Å². The fourth-order valence-electron chi connectivity index (χ4n) is 2.88. The minimum absolute atomic E-state index is 0.0404. The standard InChI is InChI=1S/C19H18ClFN2O2/c20-16-3-1-2-4-17(16)22-19(25)14-11-18(24)23(12-14)10-9-13-5-7-15(21)8-6-13/h1-8,14H,9-12H2,(H,22,25). The van der Waals surface area contributed by atoms with Crippen LogP contribution in [-0.2, 0) is 16.0 Å². The van der Waals surface area contributed by atoms with Crippen LogP contribution in [0.5, 0.6) is 0 Å². The molecule has 130 valence electrons. The topological polar surface area (TPSA) is 49.4 Å². The maximum atomic E-state index is 12.9. The number of para-hydroxylation sites is 1. The lowest BCUT2D eigenvalue weighted by Crippen LogP contribution is -2.30. The van der Waals surface area contributed by atoms with Gasteiger partial charge in [0.1, 0.15) is 5.82 Å². The number of halogens is 2. The van der Waals surface area contributed by atoms with Gasteiger partial charge in [0.15, 0.2) is 0 Å². The van der Waals surface area contributed by atoms with E-state index in [1.165, 1.54) is 12.1 Å². The van der Waals surface area contributed by atoms with Crippen molar-refractivity contribution in [2.45, 2.75) is 12.8 Å². The molecule has 2 aromatic rings. The fourth-order valence-corrected chi connectivity index (χ4v) is 3.06. The number of amides is 2. The molecule has 1 fully saturated rings. The second-order valence-electron chi connectivity index (χ2n) is 6.09. The summed E-state index contributed by atoms with van der Waals surface area (Å²) in [6.07, 6.45) is 0.824. The van der Waals surface area contributed by atoms with Crippen molar-refractivity contribution < 1.29 is 14.0 Å². The lowest BCUT2D eigenvalue weighted by molar-refractivity contribution is -0.128. The summed E-state index contributed by atoms with van der Waals surface area (Å²) in [5, 5.41) is 3.25. The zero-order chi connectivity index (χ0) is 17.8. The molecule has 2 aromatic carbocycles. The van der Waals surface area contributed by atoms with Crippen LogP contribution in [0.4, 0.5) is 10.1 Å². The maximum Gasteiger partial charge on any atom is 0.229 e. The summed E-state index contributed by atoms with van der Waals surface area (Å²) >= 11 is 6.04. The second kappa shape index (κ2) is 7.66. The van der Waals surface area contributed by atoms with E-state index >= 15 is 0 Å². The van der Waals surface area contributed by atoms with Crippen LogP contribution >= 0.6 is 11.6 Å². The Bertz CT molecular complexity index is 779. The summed E-state index contributed by atoms with van der Waals surface area (Å²) in [5.41, 5.74) is 1.50. The molecule has 25 heavy (non-hydrogen) atoms. The van der Waals surface area contributed by atoms with Crippen molar-refractivity contribution in [3.63, 3.8) is 0 Å². The average Bonchev–Trinajstić information content (AvgIpc) is 2.97. The van der Waals surface area contributed by atoms with Gasteiger partial charge in [-0.2, -0.15) is 0 Å². The van der Waals surface area contributed by atoms with Crippen LogP contribution in [0, 0.1) is 11.7 Å². The second-order valence-corrected chi connectivity index (χ2v) is 6.49. The SMILES string of the molecule is O=C(Nc1ccccc1Cl)C1CC(=O)N(CCc2ccc(F)cc2)C1. The first-order valence-electron chi connectivity index (χ1n) is 8.10. The molecule has 0 spiro atoms. The summed E-state index contributed by atoms with van der Waals surface area (Å²) in [6.45, 7) is 0.899.